The number of hydrogen-bond donors (Lipinski definition) is 1. The maximum absolute atomic E-state index is 5.60. The Morgan fingerprint density at radius 2 is 2.05 bits per heavy atom. The predicted octanol–water partition coefficient (Wildman–Crippen LogP) is 2.91. The molecule has 1 aromatic rings. The van der Waals surface area contributed by atoms with Crippen LogP contribution in [0, 0.1) is 12.3 Å². The van der Waals surface area contributed by atoms with Crippen LogP contribution in [0.5, 0.6) is 11.5 Å². The van der Waals surface area contributed by atoms with Gasteiger partial charge in [0.25, 0.3) is 0 Å². The molecule has 0 aromatic heterocycles. The molecule has 1 unspecified atom stereocenters. The van der Waals surface area contributed by atoms with Crippen LogP contribution in [0.2, 0.25) is 0 Å². The van der Waals surface area contributed by atoms with Gasteiger partial charge in [-0.25, -0.2) is 0 Å². The number of hydrogen-bond acceptors (Lipinski definition) is 3. The SMILES string of the molecule is C#CCCCCNC(C)c1ccc2c(c1)OCCO2. The summed E-state index contributed by atoms with van der Waals surface area (Å²) < 4.78 is 11.1. The molecule has 0 saturated carbocycles. The first-order valence-corrected chi connectivity index (χ1v) is 6.87. The summed E-state index contributed by atoms with van der Waals surface area (Å²) in [6.07, 6.45) is 8.28. The van der Waals surface area contributed by atoms with Gasteiger partial charge in [0.15, 0.2) is 11.5 Å². The van der Waals surface area contributed by atoms with Crippen LogP contribution in [0.1, 0.15) is 37.8 Å². The van der Waals surface area contributed by atoms with Crippen molar-refractivity contribution in [3.63, 3.8) is 0 Å². The topological polar surface area (TPSA) is 30.5 Å². The lowest BCUT2D eigenvalue weighted by atomic mass is 10.1. The molecule has 0 bridgehead atoms. The monoisotopic (exact) mass is 259 g/mol. The van der Waals surface area contributed by atoms with E-state index in [2.05, 4.69) is 30.3 Å². The summed E-state index contributed by atoms with van der Waals surface area (Å²) in [7, 11) is 0. The third-order valence-electron chi connectivity index (χ3n) is 3.26. The Kier molecular flexibility index (Phi) is 5.11. The van der Waals surface area contributed by atoms with Crippen LogP contribution in [0.25, 0.3) is 0 Å². The van der Waals surface area contributed by atoms with E-state index >= 15 is 0 Å². The predicted molar refractivity (Wildman–Crippen MR) is 76.5 cm³/mol. The molecule has 1 atom stereocenters. The number of terminal acetylenes is 1. The Labute approximate surface area is 115 Å². The molecule has 0 aliphatic carbocycles. The van der Waals surface area contributed by atoms with Crippen LogP contribution in [-0.2, 0) is 0 Å². The molecule has 0 saturated heterocycles. The van der Waals surface area contributed by atoms with Gasteiger partial charge in [0.05, 0.1) is 0 Å². The standard InChI is InChI=1S/C16H21NO2/c1-3-4-5-6-9-17-13(2)14-7-8-15-16(12-14)19-11-10-18-15/h1,7-8,12-13,17H,4-6,9-11H2,2H3. The summed E-state index contributed by atoms with van der Waals surface area (Å²) in [6, 6.07) is 6.45. The van der Waals surface area contributed by atoms with Gasteiger partial charge in [-0.15, -0.1) is 12.3 Å². The zero-order valence-electron chi connectivity index (χ0n) is 11.4. The Hall–Kier alpha value is -1.66. The van der Waals surface area contributed by atoms with E-state index in [0.717, 1.165) is 37.3 Å². The first-order valence-electron chi connectivity index (χ1n) is 6.87. The van der Waals surface area contributed by atoms with Crippen molar-refractivity contribution in [2.75, 3.05) is 19.8 Å². The molecule has 0 fully saturated rings. The average molecular weight is 259 g/mol. The molecule has 1 aliphatic rings. The largest absolute Gasteiger partial charge is 0.486 e. The fraction of sp³-hybridized carbons (Fsp3) is 0.500. The van der Waals surface area contributed by atoms with E-state index in [-0.39, 0.29) is 0 Å². The number of rotatable bonds is 6. The molecular weight excluding hydrogens is 238 g/mol. The quantitative estimate of drug-likeness (QED) is 0.629. The van der Waals surface area contributed by atoms with E-state index in [4.69, 9.17) is 15.9 Å². The van der Waals surface area contributed by atoms with Crippen LogP contribution in [0.15, 0.2) is 18.2 Å². The van der Waals surface area contributed by atoms with Gasteiger partial charge in [-0.3, -0.25) is 0 Å². The van der Waals surface area contributed by atoms with Crippen molar-refractivity contribution in [1.82, 2.24) is 5.32 Å². The second kappa shape index (κ2) is 7.06. The van der Waals surface area contributed by atoms with E-state index in [1.807, 2.05) is 6.07 Å². The molecule has 0 radical (unpaired) electrons. The summed E-state index contributed by atoms with van der Waals surface area (Å²) in [4.78, 5) is 0. The molecule has 1 aromatic carbocycles. The zero-order valence-corrected chi connectivity index (χ0v) is 11.4. The van der Waals surface area contributed by atoms with Gasteiger partial charge < -0.3 is 14.8 Å². The molecule has 102 valence electrons. The lowest BCUT2D eigenvalue weighted by molar-refractivity contribution is 0.171. The molecule has 3 heteroatoms. The molecular formula is C16H21NO2. The molecule has 3 nitrogen and oxygen atoms in total. The van der Waals surface area contributed by atoms with Gasteiger partial charge in [-0.2, -0.15) is 0 Å². The van der Waals surface area contributed by atoms with Gasteiger partial charge in [0.1, 0.15) is 13.2 Å². The van der Waals surface area contributed by atoms with Gasteiger partial charge in [-0.1, -0.05) is 6.07 Å². The van der Waals surface area contributed by atoms with Crippen molar-refractivity contribution in [1.29, 1.82) is 0 Å². The van der Waals surface area contributed by atoms with E-state index in [1.165, 1.54) is 5.56 Å². The van der Waals surface area contributed by atoms with Gasteiger partial charge in [0.2, 0.25) is 0 Å². The molecule has 1 N–H and O–H groups in total. The van der Waals surface area contributed by atoms with E-state index in [1.54, 1.807) is 0 Å². The van der Waals surface area contributed by atoms with Crippen LogP contribution in [-0.4, -0.2) is 19.8 Å². The fourth-order valence-electron chi connectivity index (χ4n) is 2.12. The highest BCUT2D eigenvalue weighted by molar-refractivity contribution is 5.44. The van der Waals surface area contributed by atoms with Crippen molar-refractivity contribution < 1.29 is 9.47 Å². The van der Waals surface area contributed by atoms with Crippen molar-refractivity contribution >= 4 is 0 Å². The number of fused-ring (bicyclic) bond motifs is 1. The number of ether oxygens (including phenoxy) is 2. The summed E-state index contributed by atoms with van der Waals surface area (Å²) in [5.41, 5.74) is 1.22. The third-order valence-corrected chi connectivity index (χ3v) is 3.26. The van der Waals surface area contributed by atoms with E-state index < -0.39 is 0 Å². The normalized spacial score (nSPS) is 14.7. The van der Waals surface area contributed by atoms with Crippen molar-refractivity contribution in [3.05, 3.63) is 23.8 Å². The minimum absolute atomic E-state index is 0.307. The van der Waals surface area contributed by atoms with Crippen molar-refractivity contribution in [2.45, 2.75) is 32.2 Å². The maximum atomic E-state index is 5.60. The molecule has 1 aliphatic heterocycles. The first-order chi connectivity index (χ1) is 9.31. The highest BCUT2D eigenvalue weighted by atomic mass is 16.6. The average Bonchev–Trinajstić information content (AvgIpc) is 2.46. The van der Waals surface area contributed by atoms with E-state index in [9.17, 15) is 0 Å². The molecule has 0 spiro atoms. The van der Waals surface area contributed by atoms with Gasteiger partial charge in [0, 0.05) is 12.5 Å². The summed E-state index contributed by atoms with van der Waals surface area (Å²) in [5.74, 6) is 4.36. The van der Waals surface area contributed by atoms with Crippen LogP contribution < -0.4 is 14.8 Å². The minimum Gasteiger partial charge on any atom is -0.486 e. The van der Waals surface area contributed by atoms with Crippen LogP contribution >= 0.6 is 0 Å². The second-order valence-electron chi connectivity index (χ2n) is 4.74. The lowest BCUT2D eigenvalue weighted by Crippen LogP contribution is -2.20. The Balaban J connectivity index is 1.85. The smallest absolute Gasteiger partial charge is 0.161 e. The molecule has 1 heterocycles. The number of unbranched alkanes of at least 4 members (excludes halogenated alkanes) is 2. The third kappa shape index (κ3) is 3.90. The van der Waals surface area contributed by atoms with Crippen molar-refractivity contribution in [2.24, 2.45) is 0 Å². The number of nitrogens with one attached hydrogen (secondary N) is 1. The molecule has 19 heavy (non-hydrogen) atoms. The van der Waals surface area contributed by atoms with Crippen molar-refractivity contribution in [3.8, 4) is 23.8 Å². The fourth-order valence-corrected chi connectivity index (χ4v) is 2.12. The lowest BCUT2D eigenvalue weighted by Gasteiger charge is -2.21. The highest BCUT2D eigenvalue weighted by Gasteiger charge is 2.13. The Morgan fingerprint density at radius 3 is 2.84 bits per heavy atom. The zero-order chi connectivity index (χ0) is 13.5. The van der Waals surface area contributed by atoms with E-state index in [0.29, 0.717) is 19.3 Å². The molecule has 0 amide bonds. The summed E-state index contributed by atoms with van der Waals surface area (Å²) in [6.45, 7) is 4.41. The van der Waals surface area contributed by atoms with Gasteiger partial charge in [-0.05, 0) is 44.0 Å². The minimum atomic E-state index is 0.307. The summed E-state index contributed by atoms with van der Waals surface area (Å²) >= 11 is 0. The Bertz CT molecular complexity index is 451. The Morgan fingerprint density at radius 1 is 1.26 bits per heavy atom. The van der Waals surface area contributed by atoms with Crippen LogP contribution in [0.4, 0.5) is 0 Å². The first kappa shape index (κ1) is 13.8. The highest BCUT2D eigenvalue weighted by Crippen LogP contribution is 2.32. The number of benzene rings is 1. The maximum Gasteiger partial charge on any atom is 0.161 e. The second-order valence-corrected chi connectivity index (χ2v) is 4.74. The van der Waals surface area contributed by atoms with Gasteiger partial charge >= 0.3 is 0 Å². The molecule has 2 rings (SSSR count). The van der Waals surface area contributed by atoms with Crippen LogP contribution in [0.3, 0.4) is 0 Å². The summed E-state index contributed by atoms with van der Waals surface area (Å²) in [5, 5.41) is 3.50.